The van der Waals surface area contributed by atoms with Crippen molar-refractivity contribution >= 4 is 6.29 Å². The normalized spacial score (nSPS) is 40.5. The molecule has 1 heterocycles. The minimum atomic E-state index is -0.132. The van der Waals surface area contributed by atoms with Crippen LogP contribution in [0.1, 0.15) is 32.6 Å². The topological polar surface area (TPSA) is 38.8 Å². The summed E-state index contributed by atoms with van der Waals surface area (Å²) in [7, 11) is 3.47. The minimum Gasteiger partial charge on any atom is -0.377 e. The van der Waals surface area contributed by atoms with Gasteiger partial charge in [0.05, 0.1) is 12.2 Å². The van der Waals surface area contributed by atoms with Gasteiger partial charge in [0.2, 0.25) is 0 Å². The lowest BCUT2D eigenvalue weighted by Gasteiger charge is -2.37. The van der Waals surface area contributed by atoms with Crippen LogP contribution < -0.4 is 0 Å². The Kier molecular flexibility index (Phi) is 4.98. The largest absolute Gasteiger partial charge is 0.377 e. The third kappa shape index (κ3) is 3.36. The summed E-state index contributed by atoms with van der Waals surface area (Å²) < 4.78 is 10.9. The monoisotopic (exact) mass is 269 g/mol. The Morgan fingerprint density at radius 3 is 2.11 bits per heavy atom. The van der Waals surface area contributed by atoms with E-state index in [4.69, 9.17) is 9.47 Å². The van der Waals surface area contributed by atoms with Gasteiger partial charge in [-0.15, -0.1) is 0 Å². The maximum absolute atomic E-state index is 11.6. The van der Waals surface area contributed by atoms with Crippen LogP contribution >= 0.6 is 0 Å². The molecule has 2 rings (SSSR count). The minimum absolute atomic E-state index is 0.132. The molecule has 0 radical (unpaired) electrons. The second-order valence-electron chi connectivity index (χ2n) is 6.41. The van der Waals surface area contributed by atoms with E-state index in [2.05, 4.69) is 11.8 Å². The first-order valence-electron chi connectivity index (χ1n) is 7.37. The van der Waals surface area contributed by atoms with Gasteiger partial charge in [0.1, 0.15) is 6.29 Å². The van der Waals surface area contributed by atoms with E-state index in [0.29, 0.717) is 0 Å². The van der Waals surface area contributed by atoms with Gasteiger partial charge in [0.25, 0.3) is 0 Å². The van der Waals surface area contributed by atoms with Gasteiger partial charge in [0, 0.05) is 39.3 Å². The molecule has 0 aromatic heterocycles. The molecule has 1 aliphatic carbocycles. The van der Waals surface area contributed by atoms with Gasteiger partial charge in [-0.25, -0.2) is 0 Å². The molecule has 2 atom stereocenters. The molecule has 0 amide bonds. The first-order valence-corrected chi connectivity index (χ1v) is 7.37. The lowest BCUT2D eigenvalue weighted by molar-refractivity contribution is -0.119. The van der Waals surface area contributed by atoms with Crippen LogP contribution in [-0.4, -0.2) is 57.2 Å². The van der Waals surface area contributed by atoms with E-state index < -0.39 is 0 Å². The molecular weight excluding hydrogens is 242 g/mol. The molecule has 1 saturated carbocycles. The van der Waals surface area contributed by atoms with Crippen LogP contribution in [0.2, 0.25) is 0 Å². The first kappa shape index (κ1) is 14.9. The Bertz CT molecular complexity index is 288. The Hall–Kier alpha value is -0.450. The molecule has 4 nitrogen and oxygen atoms in total. The lowest BCUT2D eigenvalue weighted by atomic mass is 9.71. The van der Waals surface area contributed by atoms with Crippen molar-refractivity contribution in [3.05, 3.63) is 0 Å². The van der Waals surface area contributed by atoms with Crippen molar-refractivity contribution in [3.8, 4) is 0 Å². The fourth-order valence-electron chi connectivity index (χ4n) is 3.50. The van der Waals surface area contributed by atoms with Gasteiger partial charge < -0.3 is 14.3 Å². The molecule has 2 aliphatic rings. The molecule has 0 spiro atoms. The number of methoxy groups -OCH3 is 2. The van der Waals surface area contributed by atoms with Gasteiger partial charge >= 0.3 is 0 Å². The second-order valence-corrected chi connectivity index (χ2v) is 6.41. The van der Waals surface area contributed by atoms with Crippen molar-refractivity contribution in [2.45, 2.75) is 44.8 Å². The number of rotatable bonds is 5. The summed E-state index contributed by atoms with van der Waals surface area (Å²) in [5.41, 5.74) is -0.132. The van der Waals surface area contributed by atoms with Gasteiger partial charge in [0.15, 0.2) is 0 Å². The van der Waals surface area contributed by atoms with Crippen LogP contribution in [0, 0.1) is 11.3 Å². The standard InChI is InChI=1S/C15H27NO3/c1-12-4-6-15(11-17,7-5-12)10-16-8-13(18-2)14(9-16)19-3/h11-14H,4-10H2,1-3H3. The van der Waals surface area contributed by atoms with Crippen LogP contribution in [0.5, 0.6) is 0 Å². The fraction of sp³-hybridized carbons (Fsp3) is 0.933. The van der Waals surface area contributed by atoms with E-state index >= 15 is 0 Å². The Morgan fingerprint density at radius 2 is 1.68 bits per heavy atom. The quantitative estimate of drug-likeness (QED) is 0.713. The van der Waals surface area contributed by atoms with Crippen molar-refractivity contribution in [3.63, 3.8) is 0 Å². The highest BCUT2D eigenvalue weighted by molar-refractivity contribution is 5.60. The number of carbonyl (C=O) groups is 1. The second kappa shape index (κ2) is 6.33. The van der Waals surface area contributed by atoms with Crippen molar-refractivity contribution < 1.29 is 14.3 Å². The fourth-order valence-corrected chi connectivity index (χ4v) is 3.50. The third-order valence-electron chi connectivity index (χ3n) is 4.96. The summed E-state index contributed by atoms with van der Waals surface area (Å²) in [6, 6.07) is 0. The molecule has 2 fully saturated rings. The molecule has 0 aromatic rings. The van der Waals surface area contributed by atoms with Crippen LogP contribution in [0.15, 0.2) is 0 Å². The first-order chi connectivity index (χ1) is 9.12. The smallest absolute Gasteiger partial charge is 0.127 e. The molecule has 1 aliphatic heterocycles. The summed E-state index contributed by atoms with van der Waals surface area (Å²) >= 11 is 0. The lowest BCUT2D eigenvalue weighted by Crippen LogP contribution is -2.41. The third-order valence-corrected chi connectivity index (χ3v) is 4.96. The van der Waals surface area contributed by atoms with E-state index in [-0.39, 0.29) is 17.6 Å². The number of ether oxygens (including phenoxy) is 2. The van der Waals surface area contributed by atoms with Gasteiger partial charge in [-0.2, -0.15) is 0 Å². The van der Waals surface area contributed by atoms with Crippen molar-refractivity contribution in [1.82, 2.24) is 4.90 Å². The predicted octanol–water partition coefficient (Wildman–Crippen LogP) is 1.73. The van der Waals surface area contributed by atoms with Crippen molar-refractivity contribution in [2.75, 3.05) is 33.9 Å². The molecule has 19 heavy (non-hydrogen) atoms. The van der Waals surface area contributed by atoms with Crippen LogP contribution in [-0.2, 0) is 14.3 Å². The van der Waals surface area contributed by atoms with Gasteiger partial charge in [-0.1, -0.05) is 6.92 Å². The van der Waals surface area contributed by atoms with E-state index in [1.807, 2.05) is 0 Å². The van der Waals surface area contributed by atoms with Crippen LogP contribution in [0.4, 0.5) is 0 Å². The maximum atomic E-state index is 11.6. The highest BCUT2D eigenvalue weighted by Gasteiger charge is 2.40. The van der Waals surface area contributed by atoms with E-state index in [0.717, 1.165) is 38.4 Å². The maximum Gasteiger partial charge on any atom is 0.127 e. The Labute approximate surface area is 116 Å². The zero-order chi connectivity index (χ0) is 13.9. The number of likely N-dealkylation sites (tertiary alicyclic amines) is 1. The van der Waals surface area contributed by atoms with E-state index in [1.54, 1.807) is 14.2 Å². The summed E-state index contributed by atoms with van der Waals surface area (Å²) in [4.78, 5) is 13.9. The molecule has 0 aromatic carbocycles. The van der Waals surface area contributed by atoms with Crippen molar-refractivity contribution in [2.24, 2.45) is 11.3 Å². The number of carbonyl (C=O) groups excluding carboxylic acids is 1. The average molecular weight is 269 g/mol. The predicted molar refractivity (Wildman–Crippen MR) is 74.2 cm³/mol. The Balaban J connectivity index is 1.94. The molecule has 0 N–H and O–H groups in total. The molecule has 0 bridgehead atoms. The van der Waals surface area contributed by atoms with Gasteiger partial charge in [-0.05, 0) is 31.6 Å². The molecular formula is C15H27NO3. The number of aldehydes is 1. The van der Waals surface area contributed by atoms with Crippen LogP contribution in [0.3, 0.4) is 0 Å². The summed E-state index contributed by atoms with van der Waals surface area (Å²) in [5.74, 6) is 0.769. The summed E-state index contributed by atoms with van der Waals surface area (Å²) in [5, 5.41) is 0. The van der Waals surface area contributed by atoms with Crippen molar-refractivity contribution in [1.29, 1.82) is 0 Å². The van der Waals surface area contributed by atoms with E-state index in [1.165, 1.54) is 19.1 Å². The Morgan fingerprint density at radius 1 is 1.16 bits per heavy atom. The number of nitrogens with zero attached hydrogens (tertiary/aromatic N) is 1. The van der Waals surface area contributed by atoms with E-state index in [9.17, 15) is 4.79 Å². The number of hydrogen-bond donors (Lipinski definition) is 0. The molecule has 4 heteroatoms. The summed E-state index contributed by atoms with van der Waals surface area (Å²) in [6.07, 6.45) is 5.89. The average Bonchev–Trinajstić information content (AvgIpc) is 2.83. The highest BCUT2D eigenvalue weighted by Crippen LogP contribution is 2.38. The molecule has 110 valence electrons. The SMILES string of the molecule is COC1CN(CC2(C=O)CCC(C)CC2)CC1OC. The highest BCUT2D eigenvalue weighted by atomic mass is 16.5. The zero-order valence-corrected chi connectivity index (χ0v) is 12.4. The molecule has 1 saturated heterocycles. The van der Waals surface area contributed by atoms with Crippen LogP contribution in [0.25, 0.3) is 0 Å². The summed E-state index contributed by atoms with van der Waals surface area (Å²) in [6.45, 7) is 4.90. The van der Waals surface area contributed by atoms with Gasteiger partial charge in [-0.3, -0.25) is 4.90 Å². The zero-order valence-electron chi connectivity index (χ0n) is 12.4. The number of hydrogen-bond acceptors (Lipinski definition) is 4. The molecule has 2 unspecified atom stereocenters.